The summed E-state index contributed by atoms with van der Waals surface area (Å²) in [5, 5.41) is 2.90. The lowest BCUT2D eigenvalue weighted by atomic mass is 9.86. The first kappa shape index (κ1) is 17.2. The Hall–Kier alpha value is -2.25. The molecular weight excluding hydrogens is 398 g/mol. The second kappa shape index (κ2) is 7.55. The van der Waals surface area contributed by atoms with E-state index >= 15 is 0 Å². The molecule has 6 nitrogen and oxygen atoms in total. The van der Waals surface area contributed by atoms with Crippen molar-refractivity contribution in [3.63, 3.8) is 0 Å². The molecule has 26 heavy (non-hydrogen) atoms. The van der Waals surface area contributed by atoms with Crippen LogP contribution in [-0.2, 0) is 16.1 Å². The van der Waals surface area contributed by atoms with Crippen LogP contribution in [0.15, 0.2) is 51.5 Å². The zero-order valence-electron chi connectivity index (χ0n) is 14.0. The number of carbonyl (C=O) groups is 1. The minimum atomic E-state index is -0.0311. The lowest BCUT2D eigenvalue weighted by Crippen LogP contribution is -2.41. The fraction of sp³-hybridized carbons (Fsp3) is 0.316. The van der Waals surface area contributed by atoms with Gasteiger partial charge in [0.25, 0.3) is 0 Å². The molecule has 4 rings (SSSR count). The summed E-state index contributed by atoms with van der Waals surface area (Å²) in [5.41, 5.74) is 2.32. The van der Waals surface area contributed by atoms with E-state index in [0.29, 0.717) is 47.9 Å². The third kappa shape index (κ3) is 3.78. The molecule has 3 aromatic rings. The number of rotatable bonds is 5. The Morgan fingerprint density at radius 1 is 1.19 bits per heavy atom. The van der Waals surface area contributed by atoms with Crippen molar-refractivity contribution in [1.29, 1.82) is 0 Å². The van der Waals surface area contributed by atoms with E-state index in [4.69, 9.17) is 9.15 Å². The van der Waals surface area contributed by atoms with E-state index in [9.17, 15) is 4.79 Å². The Labute approximate surface area is 159 Å². The molecule has 1 aromatic carbocycles. The van der Waals surface area contributed by atoms with Gasteiger partial charge >= 0.3 is 0 Å². The summed E-state index contributed by atoms with van der Waals surface area (Å²) in [4.78, 5) is 20.7. The molecule has 0 radical (unpaired) electrons. The highest BCUT2D eigenvalue weighted by atomic mass is 79.9. The number of amides is 1. The minimum Gasteiger partial charge on any atom is -0.439 e. The van der Waals surface area contributed by atoms with E-state index in [1.807, 2.05) is 42.5 Å². The van der Waals surface area contributed by atoms with Gasteiger partial charge < -0.3 is 14.5 Å². The number of carbonyl (C=O) groups excluding carboxylic acids is 1. The Balaban J connectivity index is 1.49. The van der Waals surface area contributed by atoms with Gasteiger partial charge in [0.05, 0.1) is 19.1 Å². The topological polar surface area (TPSA) is 77.2 Å². The lowest BCUT2D eigenvalue weighted by molar-refractivity contribution is -0.125. The van der Waals surface area contributed by atoms with Crippen LogP contribution in [0.2, 0.25) is 0 Å². The first-order chi connectivity index (χ1) is 12.7. The average molecular weight is 416 g/mol. The fourth-order valence-electron chi connectivity index (χ4n) is 3.18. The van der Waals surface area contributed by atoms with Crippen molar-refractivity contribution in [1.82, 2.24) is 15.3 Å². The molecule has 2 unspecified atom stereocenters. The molecule has 2 atom stereocenters. The van der Waals surface area contributed by atoms with Crippen LogP contribution in [0.1, 0.15) is 23.8 Å². The molecule has 1 saturated heterocycles. The predicted molar refractivity (Wildman–Crippen MR) is 99.5 cm³/mol. The molecule has 0 spiro atoms. The number of aromatic nitrogens is 2. The predicted octanol–water partition coefficient (Wildman–Crippen LogP) is 3.42. The van der Waals surface area contributed by atoms with Crippen molar-refractivity contribution in [3.8, 4) is 0 Å². The van der Waals surface area contributed by atoms with Gasteiger partial charge in [-0.1, -0.05) is 30.3 Å². The second-order valence-corrected chi connectivity index (χ2v) is 7.20. The first-order valence-electron chi connectivity index (χ1n) is 8.50. The van der Waals surface area contributed by atoms with Crippen LogP contribution in [0, 0.1) is 5.92 Å². The quantitative estimate of drug-likeness (QED) is 0.645. The van der Waals surface area contributed by atoms with Crippen LogP contribution in [-0.4, -0.2) is 29.0 Å². The summed E-state index contributed by atoms with van der Waals surface area (Å²) in [5.74, 6) is 0.617. The molecule has 0 bridgehead atoms. The van der Waals surface area contributed by atoms with Gasteiger partial charge in [-0.05, 0) is 33.6 Å². The summed E-state index contributed by atoms with van der Waals surface area (Å²) in [6, 6.07) is 13.7. The summed E-state index contributed by atoms with van der Waals surface area (Å²) >= 11 is 3.34. The largest absolute Gasteiger partial charge is 0.439 e. The van der Waals surface area contributed by atoms with Crippen LogP contribution in [0.5, 0.6) is 0 Å². The summed E-state index contributed by atoms with van der Waals surface area (Å²) in [6.45, 7) is 1.49. The molecule has 2 aromatic heterocycles. The van der Waals surface area contributed by atoms with Crippen molar-refractivity contribution < 1.29 is 13.9 Å². The number of nitrogens with zero attached hydrogens (tertiary/aromatic N) is 2. The van der Waals surface area contributed by atoms with Gasteiger partial charge in [-0.3, -0.25) is 4.79 Å². The van der Waals surface area contributed by atoms with Gasteiger partial charge in [-0.25, -0.2) is 4.98 Å². The van der Waals surface area contributed by atoms with Crippen LogP contribution in [0.4, 0.5) is 0 Å². The van der Waals surface area contributed by atoms with E-state index in [2.05, 4.69) is 31.2 Å². The Bertz CT molecular complexity index is 913. The van der Waals surface area contributed by atoms with Gasteiger partial charge in [0.2, 0.25) is 11.8 Å². The molecule has 0 saturated carbocycles. The average Bonchev–Trinajstić information content (AvgIpc) is 3.05. The number of piperidine rings is 1. The number of pyridine rings is 1. The van der Waals surface area contributed by atoms with Crippen LogP contribution < -0.4 is 5.32 Å². The van der Waals surface area contributed by atoms with Crippen LogP contribution in [0.3, 0.4) is 0 Å². The van der Waals surface area contributed by atoms with Crippen molar-refractivity contribution in [2.24, 2.45) is 5.92 Å². The molecule has 1 aliphatic rings. The number of nitrogens with one attached hydrogen (secondary N) is 1. The Kier molecular flexibility index (Phi) is 4.99. The molecule has 1 amide bonds. The van der Waals surface area contributed by atoms with Crippen molar-refractivity contribution in [2.75, 3.05) is 13.2 Å². The minimum absolute atomic E-state index is 0.0176. The van der Waals surface area contributed by atoms with Crippen molar-refractivity contribution >= 4 is 33.1 Å². The maximum atomic E-state index is 11.9. The third-order valence-electron chi connectivity index (χ3n) is 4.53. The Morgan fingerprint density at radius 2 is 2.04 bits per heavy atom. The van der Waals surface area contributed by atoms with Gasteiger partial charge in [-0.2, -0.15) is 4.98 Å². The van der Waals surface area contributed by atoms with Crippen LogP contribution in [0.25, 0.3) is 11.2 Å². The van der Waals surface area contributed by atoms with Crippen molar-refractivity contribution in [2.45, 2.75) is 18.9 Å². The van der Waals surface area contributed by atoms with E-state index < -0.39 is 0 Å². The summed E-state index contributed by atoms with van der Waals surface area (Å²) in [6.07, 6.45) is 0.398. The van der Waals surface area contributed by atoms with E-state index in [1.54, 1.807) is 0 Å². The van der Waals surface area contributed by atoms with Crippen LogP contribution >= 0.6 is 15.9 Å². The number of ether oxygens (including phenoxy) is 1. The molecule has 0 aliphatic carbocycles. The highest BCUT2D eigenvalue weighted by Crippen LogP contribution is 2.31. The molecule has 3 heterocycles. The number of hydrogen-bond donors (Lipinski definition) is 1. The SMILES string of the molecule is O=C1CC(COCc2ccccc2)C(c2nc3nc(Br)ccc3o2)CN1. The molecule has 7 heteroatoms. The van der Waals surface area contributed by atoms with Gasteiger partial charge in [0.15, 0.2) is 11.2 Å². The number of oxazole rings is 1. The zero-order valence-corrected chi connectivity index (χ0v) is 15.6. The first-order valence-corrected chi connectivity index (χ1v) is 9.29. The monoisotopic (exact) mass is 415 g/mol. The zero-order chi connectivity index (χ0) is 17.9. The number of benzene rings is 1. The van der Waals surface area contributed by atoms with E-state index in [-0.39, 0.29) is 17.7 Å². The van der Waals surface area contributed by atoms with Gasteiger partial charge in [-0.15, -0.1) is 0 Å². The molecular formula is C19H18BrN3O3. The van der Waals surface area contributed by atoms with Gasteiger partial charge in [0, 0.05) is 18.9 Å². The molecule has 1 aliphatic heterocycles. The number of fused-ring (bicyclic) bond motifs is 1. The van der Waals surface area contributed by atoms with E-state index in [1.165, 1.54) is 0 Å². The van der Waals surface area contributed by atoms with E-state index in [0.717, 1.165) is 5.56 Å². The number of halogens is 1. The molecule has 1 N–H and O–H groups in total. The Morgan fingerprint density at radius 3 is 2.88 bits per heavy atom. The summed E-state index contributed by atoms with van der Waals surface area (Å²) in [7, 11) is 0. The standard InChI is InChI=1S/C19H18BrN3O3/c20-16-7-6-15-18(22-16)23-19(26-15)14-9-21-17(24)8-13(14)11-25-10-12-4-2-1-3-5-12/h1-7,13-14H,8-11H2,(H,21,24). The summed E-state index contributed by atoms with van der Waals surface area (Å²) < 4.78 is 12.5. The lowest BCUT2D eigenvalue weighted by Gasteiger charge is -2.29. The number of hydrogen-bond acceptors (Lipinski definition) is 5. The second-order valence-electron chi connectivity index (χ2n) is 6.38. The molecule has 1 fully saturated rings. The maximum absolute atomic E-state index is 11.9. The highest BCUT2D eigenvalue weighted by molar-refractivity contribution is 9.10. The highest BCUT2D eigenvalue weighted by Gasteiger charge is 2.34. The fourth-order valence-corrected chi connectivity index (χ4v) is 3.48. The van der Waals surface area contributed by atoms with Crippen molar-refractivity contribution in [3.05, 3.63) is 58.5 Å². The third-order valence-corrected chi connectivity index (χ3v) is 4.97. The normalized spacial score (nSPS) is 20.3. The molecule has 134 valence electrons. The van der Waals surface area contributed by atoms with Gasteiger partial charge in [0.1, 0.15) is 4.60 Å². The maximum Gasteiger partial charge on any atom is 0.220 e. The smallest absolute Gasteiger partial charge is 0.220 e.